The molecule has 7 nitrogen and oxygen atoms in total. The Morgan fingerprint density at radius 2 is 1.97 bits per heavy atom. The summed E-state index contributed by atoms with van der Waals surface area (Å²) in [5.41, 5.74) is 4.47. The molecule has 1 aliphatic heterocycles. The summed E-state index contributed by atoms with van der Waals surface area (Å²) in [6, 6.07) is 20.3. The van der Waals surface area contributed by atoms with Crippen LogP contribution < -0.4 is 10.6 Å². The third-order valence-corrected chi connectivity index (χ3v) is 5.32. The Labute approximate surface area is 178 Å². The molecule has 1 aliphatic rings. The number of para-hydroxylation sites is 1. The van der Waals surface area contributed by atoms with Crippen LogP contribution in [0.25, 0.3) is 17.1 Å². The van der Waals surface area contributed by atoms with Crippen LogP contribution in [0, 0.1) is 0 Å². The Morgan fingerprint density at radius 3 is 2.74 bits per heavy atom. The van der Waals surface area contributed by atoms with Crippen LogP contribution in [0.3, 0.4) is 0 Å². The van der Waals surface area contributed by atoms with Crippen LogP contribution >= 0.6 is 0 Å². The fraction of sp³-hybridized carbons (Fsp3) is 0.125. The minimum absolute atomic E-state index is 0.0129. The van der Waals surface area contributed by atoms with Gasteiger partial charge in [-0.1, -0.05) is 30.3 Å². The third-order valence-electron chi connectivity index (χ3n) is 5.32. The van der Waals surface area contributed by atoms with Crippen LogP contribution in [0.15, 0.2) is 77.4 Å². The summed E-state index contributed by atoms with van der Waals surface area (Å²) in [5.74, 6) is 0.324. The normalized spacial score (nSPS) is 13.5. The van der Waals surface area contributed by atoms with E-state index in [4.69, 9.17) is 4.42 Å². The molecule has 0 bridgehead atoms. The van der Waals surface area contributed by atoms with Crippen LogP contribution in [0.4, 0.5) is 5.69 Å². The number of hydrogen-bond donors (Lipinski definition) is 2. The summed E-state index contributed by atoms with van der Waals surface area (Å²) >= 11 is 0. The van der Waals surface area contributed by atoms with Crippen molar-refractivity contribution in [3.63, 3.8) is 0 Å². The molecule has 0 radical (unpaired) electrons. The number of carbonyl (C=O) groups excluding carboxylic acids is 2. The van der Waals surface area contributed by atoms with Gasteiger partial charge < -0.3 is 15.1 Å². The van der Waals surface area contributed by atoms with E-state index in [0.717, 1.165) is 22.5 Å². The fourth-order valence-corrected chi connectivity index (χ4v) is 3.73. The smallest absolute Gasteiger partial charge is 0.270 e. The number of benzene rings is 2. The van der Waals surface area contributed by atoms with Crippen LogP contribution in [-0.2, 0) is 11.2 Å². The largest absolute Gasteiger partial charge is 0.463 e. The molecule has 31 heavy (non-hydrogen) atoms. The van der Waals surface area contributed by atoms with Crippen molar-refractivity contribution in [1.29, 1.82) is 0 Å². The van der Waals surface area contributed by atoms with Crippen molar-refractivity contribution in [3.05, 3.63) is 89.8 Å². The van der Waals surface area contributed by atoms with E-state index >= 15 is 0 Å². The van der Waals surface area contributed by atoms with E-state index in [0.29, 0.717) is 23.6 Å². The molecule has 4 aromatic rings. The van der Waals surface area contributed by atoms with E-state index in [2.05, 4.69) is 15.7 Å². The predicted molar refractivity (Wildman–Crippen MR) is 116 cm³/mol. The van der Waals surface area contributed by atoms with Crippen molar-refractivity contribution >= 4 is 17.5 Å². The van der Waals surface area contributed by atoms with Gasteiger partial charge >= 0.3 is 0 Å². The lowest BCUT2D eigenvalue weighted by atomic mass is 10.0. The van der Waals surface area contributed by atoms with Crippen molar-refractivity contribution in [3.8, 4) is 17.1 Å². The number of nitrogens with one attached hydrogen (secondary N) is 2. The zero-order valence-corrected chi connectivity index (χ0v) is 16.8. The molecule has 154 valence electrons. The Kier molecular flexibility index (Phi) is 4.63. The average Bonchev–Trinajstić information content (AvgIpc) is 3.51. The van der Waals surface area contributed by atoms with Crippen molar-refractivity contribution in [1.82, 2.24) is 15.1 Å². The molecule has 0 saturated carbocycles. The molecule has 0 fully saturated rings. The van der Waals surface area contributed by atoms with Crippen LogP contribution in [-0.4, -0.2) is 21.6 Å². The van der Waals surface area contributed by atoms with Gasteiger partial charge in [-0.05, 0) is 48.4 Å². The van der Waals surface area contributed by atoms with Gasteiger partial charge in [-0.3, -0.25) is 9.59 Å². The molecule has 1 atom stereocenters. The molecule has 0 saturated heterocycles. The van der Waals surface area contributed by atoms with Gasteiger partial charge in [0.05, 0.1) is 24.4 Å². The SMILES string of the molecule is CC(NC(=O)c1cc(-c2ccco2)nn1-c1ccccc1)c1ccc2c(c1)CC(=O)N2. The van der Waals surface area contributed by atoms with E-state index in [1.165, 1.54) is 0 Å². The lowest BCUT2D eigenvalue weighted by Gasteiger charge is -2.16. The predicted octanol–water partition coefficient (Wildman–Crippen LogP) is 4.12. The fourth-order valence-electron chi connectivity index (χ4n) is 3.73. The maximum absolute atomic E-state index is 13.2. The molecule has 2 aromatic carbocycles. The Hall–Kier alpha value is -4.13. The maximum Gasteiger partial charge on any atom is 0.270 e. The highest BCUT2D eigenvalue weighted by molar-refractivity contribution is 5.99. The van der Waals surface area contributed by atoms with Crippen molar-refractivity contribution in [2.45, 2.75) is 19.4 Å². The summed E-state index contributed by atoms with van der Waals surface area (Å²) in [7, 11) is 0. The first-order valence-electron chi connectivity index (χ1n) is 10.0. The van der Waals surface area contributed by atoms with Gasteiger partial charge in [0.25, 0.3) is 5.91 Å². The van der Waals surface area contributed by atoms with Crippen LogP contribution in [0.1, 0.15) is 34.6 Å². The quantitative estimate of drug-likeness (QED) is 0.516. The minimum atomic E-state index is -0.253. The minimum Gasteiger partial charge on any atom is -0.463 e. The van der Waals surface area contributed by atoms with Gasteiger partial charge in [-0.15, -0.1) is 0 Å². The zero-order valence-electron chi connectivity index (χ0n) is 16.8. The maximum atomic E-state index is 13.2. The molecule has 2 aromatic heterocycles. The van der Waals surface area contributed by atoms with E-state index in [1.54, 1.807) is 23.1 Å². The molecule has 5 rings (SSSR count). The van der Waals surface area contributed by atoms with E-state index in [-0.39, 0.29) is 17.9 Å². The van der Waals surface area contributed by atoms with Gasteiger partial charge in [-0.25, -0.2) is 4.68 Å². The van der Waals surface area contributed by atoms with Crippen LogP contribution in [0.2, 0.25) is 0 Å². The Bertz CT molecular complexity index is 1260. The highest BCUT2D eigenvalue weighted by atomic mass is 16.3. The van der Waals surface area contributed by atoms with Crippen molar-refractivity contribution in [2.75, 3.05) is 5.32 Å². The molecule has 0 aliphatic carbocycles. The van der Waals surface area contributed by atoms with E-state index in [9.17, 15) is 9.59 Å². The number of hydrogen-bond acceptors (Lipinski definition) is 4. The number of anilines is 1. The van der Waals surface area contributed by atoms with Gasteiger partial charge in [0.2, 0.25) is 5.91 Å². The standard InChI is InChI=1S/C24H20N4O3/c1-15(16-9-10-19-17(12-16)13-23(29)26-19)25-24(30)21-14-20(22-8-5-11-31-22)27-28(21)18-6-3-2-4-7-18/h2-12,14-15H,13H2,1H3,(H,25,30)(H,26,29). The summed E-state index contributed by atoms with van der Waals surface area (Å²) < 4.78 is 7.08. The number of carbonyl (C=O) groups is 2. The molecular formula is C24H20N4O3. The zero-order chi connectivity index (χ0) is 21.4. The lowest BCUT2D eigenvalue weighted by Crippen LogP contribution is -2.28. The molecule has 7 heteroatoms. The van der Waals surface area contributed by atoms with Crippen LogP contribution in [0.5, 0.6) is 0 Å². The lowest BCUT2D eigenvalue weighted by molar-refractivity contribution is -0.115. The molecule has 1 unspecified atom stereocenters. The van der Waals surface area contributed by atoms with E-state index in [1.807, 2.05) is 61.5 Å². The number of rotatable bonds is 5. The number of aromatic nitrogens is 2. The number of furan rings is 1. The van der Waals surface area contributed by atoms with Crippen molar-refractivity contribution in [2.24, 2.45) is 0 Å². The van der Waals surface area contributed by atoms with Crippen molar-refractivity contribution < 1.29 is 14.0 Å². The summed E-state index contributed by atoms with van der Waals surface area (Å²) in [5, 5.41) is 10.5. The molecule has 0 spiro atoms. The first-order valence-corrected chi connectivity index (χ1v) is 10.0. The second kappa shape index (κ2) is 7.60. The summed E-state index contributed by atoms with van der Waals surface area (Å²) in [4.78, 5) is 24.8. The van der Waals surface area contributed by atoms with Gasteiger partial charge in [0.15, 0.2) is 5.76 Å². The number of nitrogens with zero attached hydrogens (tertiary/aromatic N) is 2. The van der Waals surface area contributed by atoms with Gasteiger partial charge in [0.1, 0.15) is 11.4 Å². The average molecular weight is 412 g/mol. The molecule has 2 amide bonds. The molecular weight excluding hydrogens is 392 g/mol. The highest BCUT2D eigenvalue weighted by Crippen LogP contribution is 2.27. The Morgan fingerprint density at radius 1 is 1.13 bits per heavy atom. The van der Waals surface area contributed by atoms with Gasteiger partial charge in [0, 0.05) is 11.8 Å². The van der Waals surface area contributed by atoms with E-state index < -0.39 is 0 Å². The number of fused-ring (bicyclic) bond motifs is 1. The third kappa shape index (κ3) is 3.61. The first-order chi connectivity index (χ1) is 15.1. The Balaban J connectivity index is 1.45. The second-order valence-electron chi connectivity index (χ2n) is 7.48. The summed E-state index contributed by atoms with van der Waals surface area (Å²) in [6.45, 7) is 1.92. The molecule has 2 N–H and O–H groups in total. The molecule has 3 heterocycles. The topological polar surface area (TPSA) is 89.2 Å². The second-order valence-corrected chi connectivity index (χ2v) is 7.48. The monoisotopic (exact) mass is 412 g/mol. The summed E-state index contributed by atoms with van der Waals surface area (Å²) in [6.07, 6.45) is 1.93. The van der Waals surface area contributed by atoms with Gasteiger partial charge in [-0.2, -0.15) is 5.10 Å². The first kappa shape index (κ1) is 18.9. The highest BCUT2D eigenvalue weighted by Gasteiger charge is 2.22. The number of amides is 2.